The second kappa shape index (κ2) is 5.27. The molecule has 0 aliphatic heterocycles. The fourth-order valence-corrected chi connectivity index (χ4v) is 1.99. The van der Waals surface area contributed by atoms with E-state index in [0.717, 1.165) is 0 Å². The number of benzene rings is 2. The van der Waals surface area contributed by atoms with Gasteiger partial charge in [0.2, 0.25) is 11.2 Å². The molecule has 5 heteroatoms. The van der Waals surface area contributed by atoms with Crippen molar-refractivity contribution in [2.75, 3.05) is 0 Å². The van der Waals surface area contributed by atoms with Crippen LogP contribution in [0.5, 0.6) is 5.88 Å². The average molecular weight is 285 g/mol. The number of carbonyl (C=O) groups excluding carboxylic acids is 1. The van der Waals surface area contributed by atoms with E-state index >= 15 is 0 Å². The first-order chi connectivity index (χ1) is 9.74. The summed E-state index contributed by atoms with van der Waals surface area (Å²) >= 11 is 5.84. The van der Waals surface area contributed by atoms with E-state index in [1.165, 1.54) is 0 Å². The summed E-state index contributed by atoms with van der Waals surface area (Å²) in [4.78, 5) is 20.1. The van der Waals surface area contributed by atoms with Crippen LogP contribution >= 0.6 is 11.6 Å². The molecule has 0 saturated heterocycles. The molecule has 98 valence electrons. The maximum atomic E-state index is 12.0. The van der Waals surface area contributed by atoms with E-state index < -0.39 is 5.97 Å². The Bertz CT molecular complexity index is 775. The number of hydrogen-bond acceptors (Lipinski definition) is 4. The number of aromatic nitrogens is 2. The summed E-state index contributed by atoms with van der Waals surface area (Å²) in [7, 11) is 0. The Labute approximate surface area is 120 Å². The predicted octanol–water partition coefficient (Wildman–Crippen LogP) is 3.50. The van der Waals surface area contributed by atoms with Crippen molar-refractivity contribution in [2.45, 2.75) is 0 Å². The van der Waals surface area contributed by atoms with E-state index in [2.05, 4.69) is 9.97 Å². The highest BCUT2D eigenvalue weighted by Gasteiger charge is 2.13. The molecule has 1 aromatic heterocycles. The van der Waals surface area contributed by atoms with Crippen molar-refractivity contribution in [3.63, 3.8) is 0 Å². The number of hydrogen-bond donors (Lipinski definition) is 0. The minimum atomic E-state index is -0.481. The van der Waals surface area contributed by atoms with Crippen LogP contribution in [0.25, 0.3) is 10.9 Å². The second-order valence-corrected chi connectivity index (χ2v) is 4.41. The van der Waals surface area contributed by atoms with Gasteiger partial charge in [-0.2, -0.15) is 4.98 Å². The SMILES string of the molecule is O=C(Oc1nc(Cl)nc2ccccc12)c1ccccc1. The quantitative estimate of drug-likeness (QED) is 0.534. The van der Waals surface area contributed by atoms with Gasteiger partial charge in [-0.3, -0.25) is 0 Å². The number of rotatable bonds is 2. The van der Waals surface area contributed by atoms with Crippen molar-refractivity contribution in [1.82, 2.24) is 9.97 Å². The van der Waals surface area contributed by atoms with Crippen molar-refractivity contribution >= 4 is 28.5 Å². The van der Waals surface area contributed by atoms with E-state index in [1.54, 1.807) is 36.4 Å². The van der Waals surface area contributed by atoms with Gasteiger partial charge in [-0.15, -0.1) is 0 Å². The fraction of sp³-hybridized carbons (Fsp3) is 0. The summed E-state index contributed by atoms with van der Waals surface area (Å²) in [5.41, 5.74) is 1.08. The number of nitrogens with zero attached hydrogens (tertiary/aromatic N) is 2. The zero-order valence-electron chi connectivity index (χ0n) is 10.3. The molecule has 0 unspecified atom stereocenters. The van der Waals surface area contributed by atoms with Gasteiger partial charge in [-0.1, -0.05) is 30.3 Å². The number of ether oxygens (including phenoxy) is 1. The number of para-hydroxylation sites is 1. The summed E-state index contributed by atoms with van der Waals surface area (Å²) in [6.45, 7) is 0. The Balaban J connectivity index is 2.01. The van der Waals surface area contributed by atoms with Crippen molar-refractivity contribution in [3.05, 3.63) is 65.4 Å². The van der Waals surface area contributed by atoms with Gasteiger partial charge in [-0.05, 0) is 35.9 Å². The van der Waals surface area contributed by atoms with E-state index in [4.69, 9.17) is 16.3 Å². The molecule has 0 bridgehead atoms. The zero-order chi connectivity index (χ0) is 13.9. The summed E-state index contributed by atoms with van der Waals surface area (Å²) in [6.07, 6.45) is 0. The van der Waals surface area contributed by atoms with Crippen LogP contribution in [0.15, 0.2) is 54.6 Å². The van der Waals surface area contributed by atoms with E-state index in [-0.39, 0.29) is 11.2 Å². The molecule has 0 radical (unpaired) electrons. The lowest BCUT2D eigenvalue weighted by atomic mass is 10.2. The first-order valence-electron chi connectivity index (χ1n) is 5.93. The lowest BCUT2D eigenvalue weighted by Crippen LogP contribution is -2.10. The lowest BCUT2D eigenvalue weighted by molar-refractivity contribution is 0.0730. The van der Waals surface area contributed by atoms with Crippen molar-refractivity contribution in [3.8, 4) is 5.88 Å². The van der Waals surface area contributed by atoms with Gasteiger partial charge in [0.15, 0.2) is 0 Å². The van der Waals surface area contributed by atoms with Gasteiger partial charge in [-0.25, -0.2) is 9.78 Å². The molecule has 0 saturated carbocycles. The molecule has 0 aliphatic rings. The topological polar surface area (TPSA) is 52.1 Å². The van der Waals surface area contributed by atoms with Gasteiger partial charge in [0.1, 0.15) is 0 Å². The third kappa shape index (κ3) is 2.46. The Morgan fingerprint density at radius 1 is 0.950 bits per heavy atom. The highest BCUT2D eigenvalue weighted by molar-refractivity contribution is 6.28. The highest BCUT2D eigenvalue weighted by atomic mass is 35.5. The van der Waals surface area contributed by atoms with Crippen LogP contribution in [-0.4, -0.2) is 15.9 Å². The maximum Gasteiger partial charge on any atom is 0.344 e. The summed E-state index contributed by atoms with van der Waals surface area (Å²) in [5, 5.41) is 0.681. The normalized spacial score (nSPS) is 10.4. The van der Waals surface area contributed by atoms with Crippen LogP contribution in [-0.2, 0) is 0 Å². The van der Waals surface area contributed by atoms with Gasteiger partial charge in [0.05, 0.1) is 16.5 Å². The molecule has 20 heavy (non-hydrogen) atoms. The summed E-state index contributed by atoms with van der Waals surface area (Å²) in [6, 6.07) is 15.9. The molecule has 0 N–H and O–H groups in total. The fourth-order valence-electron chi connectivity index (χ4n) is 1.82. The van der Waals surface area contributed by atoms with Gasteiger partial charge in [0, 0.05) is 0 Å². The van der Waals surface area contributed by atoms with Crippen LogP contribution in [0.4, 0.5) is 0 Å². The highest BCUT2D eigenvalue weighted by Crippen LogP contribution is 2.24. The molecule has 0 amide bonds. The Morgan fingerprint density at radius 2 is 1.65 bits per heavy atom. The van der Waals surface area contributed by atoms with Crippen molar-refractivity contribution in [2.24, 2.45) is 0 Å². The van der Waals surface area contributed by atoms with Crippen molar-refractivity contribution in [1.29, 1.82) is 0 Å². The lowest BCUT2D eigenvalue weighted by Gasteiger charge is -2.06. The van der Waals surface area contributed by atoms with Crippen LogP contribution < -0.4 is 4.74 Å². The molecule has 0 fully saturated rings. The smallest absolute Gasteiger partial charge is 0.344 e. The molecule has 4 nitrogen and oxygen atoms in total. The monoisotopic (exact) mass is 284 g/mol. The number of halogens is 1. The number of carbonyl (C=O) groups is 1. The molecular formula is C15H9ClN2O2. The van der Waals surface area contributed by atoms with Crippen LogP contribution in [0.2, 0.25) is 5.28 Å². The average Bonchev–Trinajstić information content (AvgIpc) is 2.48. The molecule has 0 aliphatic carbocycles. The minimum Gasteiger partial charge on any atom is -0.403 e. The van der Waals surface area contributed by atoms with Gasteiger partial charge >= 0.3 is 5.97 Å². The first-order valence-corrected chi connectivity index (χ1v) is 6.31. The molecule has 1 heterocycles. The largest absolute Gasteiger partial charge is 0.403 e. The number of esters is 1. The van der Waals surface area contributed by atoms with Gasteiger partial charge < -0.3 is 4.74 Å². The maximum absolute atomic E-state index is 12.0. The van der Waals surface area contributed by atoms with Crippen molar-refractivity contribution < 1.29 is 9.53 Å². The molecule has 0 spiro atoms. The molecule has 3 aromatic rings. The third-order valence-corrected chi connectivity index (χ3v) is 2.91. The molecule has 3 rings (SSSR count). The van der Waals surface area contributed by atoms with Crippen LogP contribution in [0, 0.1) is 0 Å². The first kappa shape index (κ1) is 12.6. The number of fused-ring (bicyclic) bond motifs is 1. The van der Waals surface area contributed by atoms with E-state index in [0.29, 0.717) is 16.5 Å². The Hall–Kier alpha value is -2.46. The molecule has 0 atom stereocenters. The zero-order valence-corrected chi connectivity index (χ0v) is 11.0. The standard InChI is InChI=1S/C15H9ClN2O2/c16-15-17-12-9-5-4-8-11(12)13(18-15)20-14(19)10-6-2-1-3-7-10/h1-9H. The minimum absolute atomic E-state index is 0.0413. The van der Waals surface area contributed by atoms with Gasteiger partial charge in [0.25, 0.3) is 0 Å². The van der Waals surface area contributed by atoms with E-state index in [1.807, 2.05) is 18.2 Å². The summed E-state index contributed by atoms with van der Waals surface area (Å²) < 4.78 is 5.32. The molecule has 2 aromatic carbocycles. The Morgan fingerprint density at radius 3 is 2.45 bits per heavy atom. The predicted molar refractivity (Wildman–Crippen MR) is 75.9 cm³/mol. The van der Waals surface area contributed by atoms with Crippen LogP contribution in [0.1, 0.15) is 10.4 Å². The second-order valence-electron chi connectivity index (χ2n) is 4.07. The molecular weight excluding hydrogens is 276 g/mol. The van der Waals surface area contributed by atoms with Crippen LogP contribution in [0.3, 0.4) is 0 Å². The third-order valence-electron chi connectivity index (χ3n) is 2.74. The Kier molecular flexibility index (Phi) is 3.31. The van der Waals surface area contributed by atoms with E-state index in [9.17, 15) is 4.79 Å². The summed E-state index contributed by atoms with van der Waals surface area (Å²) in [5.74, 6) is -0.319.